The average Bonchev–Trinajstić information content (AvgIpc) is 2.74. The summed E-state index contributed by atoms with van der Waals surface area (Å²) in [5, 5.41) is 0. The van der Waals surface area contributed by atoms with Crippen LogP contribution in [-0.2, 0) is 0 Å². The van der Waals surface area contributed by atoms with Crippen molar-refractivity contribution in [3.63, 3.8) is 0 Å². The third kappa shape index (κ3) is 5.07. The van der Waals surface area contributed by atoms with Crippen LogP contribution < -0.4 is 0 Å². The molecule has 0 amide bonds. The molecule has 0 aliphatic heterocycles. The minimum atomic E-state index is 0.403. The smallest absolute Gasteiger partial charge is 0.174 e. The predicted molar refractivity (Wildman–Crippen MR) is 127 cm³/mol. The molecule has 3 rings (SSSR count). The van der Waals surface area contributed by atoms with Crippen molar-refractivity contribution in [1.29, 1.82) is 0 Å². The molecule has 0 bridgehead atoms. The summed E-state index contributed by atoms with van der Waals surface area (Å²) in [7, 11) is 0. The number of aliphatic imine (C=N–C) groups is 2. The van der Waals surface area contributed by atoms with E-state index in [1.807, 2.05) is 38.1 Å². The van der Waals surface area contributed by atoms with Gasteiger partial charge in [0.05, 0.1) is 28.5 Å². The topological polar surface area (TPSA) is 50.5 Å². The summed E-state index contributed by atoms with van der Waals surface area (Å²) in [5.41, 5.74) is 6.87. The molecule has 0 aliphatic rings. The van der Waals surface area contributed by atoms with Crippen molar-refractivity contribution < 1.29 is 0 Å². The first-order valence-electron chi connectivity index (χ1n) is 10.5. The normalized spacial score (nSPS) is 12.7. The maximum atomic E-state index is 4.86. The fourth-order valence-corrected chi connectivity index (χ4v) is 3.36. The molecule has 3 aromatic rings. The number of benzene rings is 2. The second-order valence-corrected chi connectivity index (χ2v) is 8.09. The van der Waals surface area contributed by atoms with Crippen LogP contribution in [0.2, 0.25) is 0 Å². The fraction of sp³-hybridized carbons (Fsp3) is 0.308. The van der Waals surface area contributed by atoms with E-state index in [0.717, 1.165) is 28.5 Å². The molecule has 154 valence electrons. The maximum absolute atomic E-state index is 4.86. The van der Waals surface area contributed by atoms with Crippen molar-refractivity contribution in [3.05, 3.63) is 83.4 Å². The van der Waals surface area contributed by atoms with Crippen LogP contribution in [0.25, 0.3) is 0 Å². The zero-order valence-electron chi connectivity index (χ0n) is 18.7. The molecule has 0 unspecified atom stereocenters. The first-order chi connectivity index (χ1) is 14.4. The van der Waals surface area contributed by atoms with Gasteiger partial charge in [-0.15, -0.1) is 0 Å². The number of nitrogens with zero attached hydrogens (tertiary/aromatic N) is 4. The number of aromatic nitrogens is 2. The van der Waals surface area contributed by atoms with Gasteiger partial charge in [-0.25, -0.2) is 15.0 Å². The second kappa shape index (κ2) is 9.57. The third-order valence-corrected chi connectivity index (χ3v) is 5.04. The lowest BCUT2D eigenvalue weighted by molar-refractivity contribution is 0.867. The molecule has 2 aromatic carbocycles. The highest BCUT2D eigenvalue weighted by Crippen LogP contribution is 2.28. The summed E-state index contributed by atoms with van der Waals surface area (Å²) < 4.78 is 0. The van der Waals surface area contributed by atoms with Gasteiger partial charge in [0.1, 0.15) is 0 Å². The molecule has 30 heavy (non-hydrogen) atoms. The Morgan fingerprint density at radius 3 is 1.73 bits per heavy atom. The maximum Gasteiger partial charge on any atom is 0.174 e. The van der Waals surface area contributed by atoms with Crippen molar-refractivity contribution in [2.45, 2.75) is 53.4 Å². The molecule has 0 N–H and O–H groups in total. The van der Waals surface area contributed by atoms with Crippen LogP contribution in [0, 0.1) is 0 Å². The van der Waals surface area contributed by atoms with Crippen LogP contribution in [0.4, 0.5) is 11.4 Å². The lowest BCUT2D eigenvalue weighted by Crippen LogP contribution is -2.08. The van der Waals surface area contributed by atoms with Crippen LogP contribution in [0.1, 0.15) is 76.0 Å². The summed E-state index contributed by atoms with van der Waals surface area (Å²) in [6.45, 7) is 12.7. The molecule has 1 heterocycles. The van der Waals surface area contributed by atoms with Crippen LogP contribution >= 0.6 is 0 Å². The SMILES string of the molecule is C/C(=N\c1ccccc1C(C)C)c1ccnc(/C(C)=N/c2ccccc2C(C)C)n1. The third-order valence-electron chi connectivity index (χ3n) is 5.04. The van der Waals surface area contributed by atoms with Gasteiger partial charge in [-0.1, -0.05) is 64.1 Å². The Morgan fingerprint density at radius 2 is 1.20 bits per heavy atom. The molecular weight excluding hydrogens is 368 g/mol. The Bertz CT molecular complexity index is 995. The van der Waals surface area contributed by atoms with Gasteiger partial charge >= 0.3 is 0 Å². The van der Waals surface area contributed by atoms with Gasteiger partial charge in [-0.05, 0) is 55.0 Å². The second-order valence-electron chi connectivity index (χ2n) is 8.09. The Kier molecular flexibility index (Phi) is 6.88. The van der Waals surface area contributed by atoms with E-state index >= 15 is 0 Å². The van der Waals surface area contributed by atoms with E-state index in [1.54, 1.807) is 6.20 Å². The van der Waals surface area contributed by atoms with Crippen LogP contribution in [0.5, 0.6) is 0 Å². The van der Waals surface area contributed by atoms with Crippen molar-refractivity contribution in [3.8, 4) is 0 Å². The number of para-hydroxylation sites is 2. The van der Waals surface area contributed by atoms with Gasteiger partial charge in [0, 0.05) is 6.20 Å². The fourth-order valence-electron chi connectivity index (χ4n) is 3.36. The van der Waals surface area contributed by atoms with E-state index in [4.69, 9.17) is 15.0 Å². The Morgan fingerprint density at radius 1 is 0.700 bits per heavy atom. The monoisotopic (exact) mass is 398 g/mol. The molecule has 4 heteroatoms. The van der Waals surface area contributed by atoms with Gasteiger partial charge in [-0.2, -0.15) is 0 Å². The van der Waals surface area contributed by atoms with E-state index in [2.05, 4.69) is 63.0 Å². The predicted octanol–water partition coefficient (Wildman–Crippen LogP) is 7.00. The first-order valence-corrected chi connectivity index (χ1v) is 10.5. The van der Waals surface area contributed by atoms with Crippen molar-refractivity contribution in [2.24, 2.45) is 9.98 Å². The lowest BCUT2D eigenvalue weighted by Gasteiger charge is -2.11. The summed E-state index contributed by atoms with van der Waals surface area (Å²) in [6, 6.07) is 18.4. The average molecular weight is 399 g/mol. The van der Waals surface area contributed by atoms with Gasteiger partial charge in [0.15, 0.2) is 5.82 Å². The quantitative estimate of drug-likeness (QED) is 0.419. The largest absolute Gasteiger partial charge is 0.251 e. The van der Waals surface area contributed by atoms with Crippen molar-refractivity contribution in [1.82, 2.24) is 9.97 Å². The molecule has 0 radical (unpaired) electrons. The Hall–Kier alpha value is -3.14. The molecule has 0 saturated heterocycles. The molecule has 0 saturated carbocycles. The molecule has 4 nitrogen and oxygen atoms in total. The van der Waals surface area contributed by atoms with E-state index in [9.17, 15) is 0 Å². The minimum Gasteiger partial charge on any atom is -0.251 e. The van der Waals surface area contributed by atoms with Crippen LogP contribution in [-0.4, -0.2) is 21.4 Å². The number of rotatable bonds is 6. The molecule has 1 aromatic heterocycles. The van der Waals surface area contributed by atoms with Gasteiger partial charge in [0.25, 0.3) is 0 Å². The molecular formula is C26H30N4. The summed E-state index contributed by atoms with van der Waals surface area (Å²) >= 11 is 0. The Labute approximate surface area is 179 Å². The number of hydrogen-bond donors (Lipinski definition) is 0. The standard InChI is InChI=1S/C26H30N4/c1-17(2)21-11-7-9-13-24(21)28-19(5)23-15-16-27-26(30-23)20(6)29-25-14-10-8-12-22(25)18(3)4/h7-18H,1-6H3/b28-19+,29-20+. The lowest BCUT2D eigenvalue weighted by atomic mass is 10.0. The minimum absolute atomic E-state index is 0.403. The highest BCUT2D eigenvalue weighted by molar-refractivity contribution is 6.01. The highest BCUT2D eigenvalue weighted by Gasteiger charge is 2.10. The first kappa shape index (κ1) is 21.6. The van der Waals surface area contributed by atoms with E-state index in [0.29, 0.717) is 17.7 Å². The van der Waals surface area contributed by atoms with E-state index in [1.165, 1.54) is 11.1 Å². The van der Waals surface area contributed by atoms with Crippen LogP contribution in [0.3, 0.4) is 0 Å². The summed E-state index contributed by atoms with van der Waals surface area (Å²) in [5.74, 6) is 1.44. The molecule has 0 spiro atoms. The van der Waals surface area contributed by atoms with Gasteiger partial charge in [0.2, 0.25) is 0 Å². The number of hydrogen-bond acceptors (Lipinski definition) is 4. The zero-order valence-corrected chi connectivity index (χ0v) is 18.7. The van der Waals surface area contributed by atoms with E-state index < -0.39 is 0 Å². The van der Waals surface area contributed by atoms with Gasteiger partial charge < -0.3 is 0 Å². The zero-order chi connectivity index (χ0) is 21.7. The molecule has 0 atom stereocenters. The molecule has 0 fully saturated rings. The van der Waals surface area contributed by atoms with Crippen LogP contribution in [0.15, 0.2) is 70.8 Å². The van der Waals surface area contributed by atoms with Crippen molar-refractivity contribution >= 4 is 22.8 Å². The Balaban J connectivity index is 1.95. The highest BCUT2D eigenvalue weighted by atomic mass is 14.9. The summed E-state index contributed by atoms with van der Waals surface area (Å²) in [6.07, 6.45) is 1.78. The summed E-state index contributed by atoms with van der Waals surface area (Å²) in [4.78, 5) is 18.9. The van der Waals surface area contributed by atoms with E-state index in [-0.39, 0.29) is 0 Å². The van der Waals surface area contributed by atoms with Crippen molar-refractivity contribution in [2.75, 3.05) is 0 Å². The molecule has 0 aliphatic carbocycles. The van der Waals surface area contributed by atoms with Gasteiger partial charge in [-0.3, -0.25) is 4.99 Å².